The first-order chi connectivity index (χ1) is 20.6. The smallest absolute Gasteiger partial charge is 0.407 e. The van der Waals surface area contributed by atoms with Crippen molar-refractivity contribution in [2.45, 2.75) is 71.1 Å². The van der Waals surface area contributed by atoms with E-state index in [-0.39, 0.29) is 11.9 Å². The maximum Gasteiger partial charge on any atom is 0.407 e. The molecule has 228 valence electrons. The molecular formula is C34H42N4O4S. The molecule has 1 aliphatic heterocycles. The van der Waals surface area contributed by atoms with Crippen LogP contribution in [0.1, 0.15) is 62.4 Å². The number of amides is 2. The molecule has 2 fully saturated rings. The first-order valence-corrected chi connectivity index (χ1v) is 16.2. The highest BCUT2D eigenvalue weighted by Gasteiger charge is 2.30. The molecule has 0 unspecified atom stereocenters. The first kappa shape index (κ1) is 29.5. The third-order valence-corrected chi connectivity index (χ3v) is 9.53. The van der Waals surface area contributed by atoms with Gasteiger partial charge in [0.1, 0.15) is 11.4 Å². The van der Waals surface area contributed by atoms with Gasteiger partial charge in [0.25, 0.3) is 5.91 Å². The summed E-state index contributed by atoms with van der Waals surface area (Å²) < 4.78 is 14.9. The molecule has 0 radical (unpaired) electrons. The fraction of sp³-hybridized carbons (Fsp3) is 0.471. The summed E-state index contributed by atoms with van der Waals surface area (Å²) in [5.41, 5.74) is 9.82. The molecular weight excluding hydrogens is 560 g/mol. The number of nitrogens with two attached hydrogens (primary N) is 1. The van der Waals surface area contributed by atoms with Crippen molar-refractivity contribution in [1.82, 2.24) is 14.8 Å². The van der Waals surface area contributed by atoms with Gasteiger partial charge >= 0.3 is 6.09 Å². The molecule has 43 heavy (non-hydrogen) atoms. The number of aromatic nitrogens is 1. The lowest BCUT2D eigenvalue weighted by Gasteiger charge is -2.33. The van der Waals surface area contributed by atoms with E-state index in [9.17, 15) is 9.59 Å². The summed E-state index contributed by atoms with van der Waals surface area (Å²) >= 11 is 1.72. The monoisotopic (exact) mass is 602 g/mol. The predicted molar refractivity (Wildman–Crippen MR) is 173 cm³/mol. The van der Waals surface area contributed by atoms with Gasteiger partial charge in [0.05, 0.1) is 17.7 Å². The molecule has 1 saturated carbocycles. The number of likely N-dealkylation sites (tertiary alicyclic amines) is 1. The fourth-order valence-electron chi connectivity index (χ4n) is 6.22. The van der Waals surface area contributed by atoms with Crippen LogP contribution in [-0.4, -0.2) is 59.9 Å². The summed E-state index contributed by atoms with van der Waals surface area (Å²) in [7, 11) is 1.67. The average Bonchev–Trinajstić information content (AvgIpc) is 3.62. The van der Waals surface area contributed by atoms with Gasteiger partial charge in [-0.15, -0.1) is 11.3 Å². The molecule has 1 aliphatic carbocycles. The summed E-state index contributed by atoms with van der Waals surface area (Å²) in [6.07, 6.45) is 4.43. The Morgan fingerprint density at radius 2 is 1.91 bits per heavy atom. The highest BCUT2D eigenvalue weighted by atomic mass is 32.1. The van der Waals surface area contributed by atoms with Crippen molar-refractivity contribution >= 4 is 44.3 Å². The van der Waals surface area contributed by atoms with Crippen molar-refractivity contribution in [2.24, 2.45) is 11.7 Å². The highest BCUT2D eigenvalue weighted by molar-refractivity contribution is 7.22. The summed E-state index contributed by atoms with van der Waals surface area (Å²) in [6, 6.07) is 14.6. The summed E-state index contributed by atoms with van der Waals surface area (Å²) in [6.45, 7) is 8.13. The largest absolute Gasteiger partial charge is 0.496 e. The summed E-state index contributed by atoms with van der Waals surface area (Å²) in [5, 5.41) is 5.22. The van der Waals surface area contributed by atoms with Crippen molar-refractivity contribution in [2.75, 3.05) is 26.7 Å². The van der Waals surface area contributed by atoms with Gasteiger partial charge in [-0.2, -0.15) is 0 Å². The second-order valence-electron chi connectivity index (χ2n) is 12.9. The Morgan fingerprint density at radius 3 is 2.63 bits per heavy atom. The lowest BCUT2D eigenvalue weighted by Crippen LogP contribution is -2.50. The van der Waals surface area contributed by atoms with Crippen LogP contribution in [0.5, 0.6) is 5.75 Å². The lowest BCUT2D eigenvalue weighted by atomic mass is 10.0. The second kappa shape index (κ2) is 11.8. The van der Waals surface area contributed by atoms with E-state index >= 15 is 0 Å². The van der Waals surface area contributed by atoms with E-state index < -0.39 is 11.7 Å². The Hall–Kier alpha value is -3.56. The minimum absolute atomic E-state index is 0.0611. The molecule has 0 bridgehead atoms. The quantitative estimate of drug-likeness (QED) is 0.238. The Kier molecular flexibility index (Phi) is 8.13. The molecule has 2 aromatic heterocycles. The van der Waals surface area contributed by atoms with Crippen LogP contribution in [0.25, 0.3) is 31.6 Å². The second-order valence-corrected chi connectivity index (χ2v) is 13.9. The van der Waals surface area contributed by atoms with Gasteiger partial charge in [-0.05, 0) is 95.2 Å². The lowest BCUT2D eigenvalue weighted by molar-refractivity contribution is 0.0452. The summed E-state index contributed by atoms with van der Waals surface area (Å²) in [4.78, 5) is 29.3. The molecule has 9 heteroatoms. The van der Waals surface area contributed by atoms with Crippen molar-refractivity contribution in [1.29, 1.82) is 0 Å². The zero-order chi connectivity index (χ0) is 30.3. The number of fused-ring (bicyclic) bond motifs is 2. The van der Waals surface area contributed by atoms with Crippen LogP contribution in [0.3, 0.4) is 0 Å². The fourth-order valence-corrected chi connectivity index (χ4v) is 7.55. The number of methoxy groups -OCH3 is 1. The molecule has 3 N–H and O–H groups in total. The molecule has 2 amide bonds. The third-order valence-electron chi connectivity index (χ3n) is 8.33. The molecule has 2 aromatic carbocycles. The van der Waals surface area contributed by atoms with Gasteiger partial charge in [-0.3, -0.25) is 4.79 Å². The van der Waals surface area contributed by atoms with E-state index in [4.69, 9.17) is 15.2 Å². The molecule has 6 rings (SSSR count). The molecule has 1 saturated heterocycles. The zero-order valence-electron chi connectivity index (χ0n) is 25.6. The number of benzene rings is 2. The van der Waals surface area contributed by atoms with E-state index in [1.54, 1.807) is 18.4 Å². The van der Waals surface area contributed by atoms with Crippen LogP contribution >= 0.6 is 11.3 Å². The van der Waals surface area contributed by atoms with Crippen LogP contribution < -0.4 is 15.8 Å². The number of hydrogen-bond donors (Lipinski definition) is 2. The number of para-hydroxylation sites is 1. The van der Waals surface area contributed by atoms with E-state index in [1.165, 1.54) is 39.9 Å². The third kappa shape index (κ3) is 6.24. The topological polar surface area (TPSA) is 98.8 Å². The van der Waals surface area contributed by atoms with Gasteiger partial charge in [0.15, 0.2) is 0 Å². The van der Waals surface area contributed by atoms with Crippen molar-refractivity contribution < 1.29 is 19.1 Å². The van der Waals surface area contributed by atoms with E-state index in [0.717, 1.165) is 35.4 Å². The number of alkyl carbamates (subject to hydrolysis) is 1. The number of thiophene rings is 1. The normalized spacial score (nSPS) is 17.4. The van der Waals surface area contributed by atoms with Gasteiger partial charge in [-0.1, -0.05) is 18.2 Å². The molecule has 8 nitrogen and oxygen atoms in total. The van der Waals surface area contributed by atoms with Crippen LogP contribution in [0.15, 0.2) is 42.5 Å². The maximum atomic E-state index is 13.9. The van der Waals surface area contributed by atoms with Gasteiger partial charge < -0.3 is 30.0 Å². The number of nitrogens with one attached hydrogen (secondary N) is 1. The molecule has 3 heterocycles. The SMILES string of the molecule is COc1cc(C(=O)N2CCC[C@@H](NC(=O)OC(C)(C)C)C2)cc2sc(-c3cc4ccccc4n3CC3CC3)c(CCN)c12. The minimum atomic E-state index is -0.575. The molecule has 1 atom stereocenters. The highest BCUT2D eigenvalue weighted by Crippen LogP contribution is 2.46. The van der Waals surface area contributed by atoms with Gasteiger partial charge in [-0.25, -0.2) is 4.79 Å². The van der Waals surface area contributed by atoms with Crippen LogP contribution in [0.4, 0.5) is 4.79 Å². The Morgan fingerprint density at radius 1 is 1.12 bits per heavy atom. The minimum Gasteiger partial charge on any atom is -0.496 e. The Labute approximate surface area is 257 Å². The molecule has 2 aliphatic rings. The Bertz CT molecular complexity index is 1660. The van der Waals surface area contributed by atoms with Crippen molar-refractivity contribution in [3.8, 4) is 16.3 Å². The van der Waals surface area contributed by atoms with Gasteiger partial charge in [0.2, 0.25) is 0 Å². The van der Waals surface area contributed by atoms with E-state index in [2.05, 4.69) is 40.2 Å². The van der Waals surface area contributed by atoms with E-state index in [0.29, 0.717) is 37.4 Å². The average molecular weight is 603 g/mol. The number of nitrogens with zero attached hydrogens (tertiary/aromatic N) is 2. The van der Waals surface area contributed by atoms with Crippen LogP contribution in [0, 0.1) is 5.92 Å². The first-order valence-electron chi connectivity index (χ1n) is 15.4. The number of hydrogen-bond acceptors (Lipinski definition) is 6. The zero-order valence-corrected chi connectivity index (χ0v) is 26.4. The Balaban J connectivity index is 1.35. The number of piperidine rings is 1. The predicted octanol–water partition coefficient (Wildman–Crippen LogP) is 6.57. The molecule has 4 aromatic rings. The molecule has 0 spiro atoms. The maximum absolute atomic E-state index is 13.9. The van der Waals surface area contributed by atoms with Crippen molar-refractivity contribution in [3.63, 3.8) is 0 Å². The number of carbonyl (C=O) groups is 2. The number of carbonyl (C=O) groups excluding carboxylic acids is 2. The van der Waals surface area contributed by atoms with Gasteiger partial charge in [0, 0.05) is 52.2 Å². The van der Waals surface area contributed by atoms with Crippen LogP contribution in [0.2, 0.25) is 0 Å². The summed E-state index contributed by atoms with van der Waals surface area (Å²) in [5.74, 6) is 1.35. The van der Waals surface area contributed by atoms with Crippen molar-refractivity contribution in [3.05, 3.63) is 53.6 Å². The number of rotatable bonds is 8. The van der Waals surface area contributed by atoms with Crippen LogP contribution in [-0.2, 0) is 17.7 Å². The standard InChI is InChI=1S/C34H42N4O4S/c1-34(2,3)42-33(40)36-24-9-7-15-37(20-24)32(39)23-17-28(41-4)30-25(13-14-35)31(43-29(30)18-23)27-16-22-8-5-6-10-26(22)38(27)19-21-11-12-21/h5-6,8,10,16-18,21,24H,7,9,11-15,19-20,35H2,1-4H3,(H,36,40)/t24-/m1/s1. The van der Waals surface area contributed by atoms with E-state index in [1.807, 2.05) is 37.8 Å². The number of ether oxygens (including phenoxy) is 2.